The molecule has 0 fully saturated rings. The van der Waals surface area contributed by atoms with Crippen molar-refractivity contribution >= 4 is 31.9 Å². The van der Waals surface area contributed by atoms with Crippen LogP contribution in [0.2, 0.25) is 0 Å². The van der Waals surface area contributed by atoms with E-state index in [-0.39, 0.29) is 11.2 Å². The van der Waals surface area contributed by atoms with E-state index in [1.165, 1.54) is 0 Å². The zero-order valence-electron chi connectivity index (χ0n) is 7.79. The van der Waals surface area contributed by atoms with Gasteiger partial charge >= 0.3 is 0 Å². The zero-order valence-corrected chi connectivity index (χ0v) is 11.0. The van der Waals surface area contributed by atoms with Gasteiger partial charge in [0.25, 0.3) is 0 Å². The SMILES string of the molecule is CC(C)(C)c1cc(Br)c(F)c(Br)c1. The molecule has 0 unspecified atom stereocenters. The maximum atomic E-state index is 13.2. The number of hydrogen-bond donors (Lipinski definition) is 0. The van der Waals surface area contributed by atoms with Gasteiger partial charge in [0.1, 0.15) is 0 Å². The largest absolute Gasteiger partial charge is 0.205 e. The predicted octanol–water partition coefficient (Wildman–Crippen LogP) is 4.65. The Bertz CT molecular complexity index is 303. The van der Waals surface area contributed by atoms with Crippen molar-refractivity contribution in [2.45, 2.75) is 26.2 Å². The van der Waals surface area contributed by atoms with E-state index in [2.05, 4.69) is 52.6 Å². The summed E-state index contributed by atoms with van der Waals surface area (Å²) in [7, 11) is 0. The molecule has 0 spiro atoms. The number of hydrogen-bond acceptors (Lipinski definition) is 0. The summed E-state index contributed by atoms with van der Waals surface area (Å²) in [4.78, 5) is 0. The Morgan fingerprint density at radius 3 is 1.77 bits per heavy atom. The Balaban J connectivity index is 3.29. The lowest BCUT2D eigenvalue weighted by Crippen LogP contribution is -2.11. The van der Waals surface area contributed by atoms with Gasteiger partial charge in [-0.1, -0.05) is 20.8 Å². The molecule has 13 heavy (non-hydrogen) atoms. The number of rotatable bonds is 0. The minimum atomic E-state index is -0.243. The van der Waals surface area contributed by atoms with Gasteiger partial charge in [-0.15, -0.1) is 0 Å². The van der Waals surface area contributed by atoms with Crippen molar-refractivity contribution in [1.82, 2.24) is 0 Å². The van der Waals surface area contributed by atoms with Crippen LogP contribution in [-0.2, 0) is 5.41 Å². The van der Waals surface area contributed by atoms with Crippen LogP contribution >= 0.6 is 31.9 Å². The average Bonchev–Trinajstić information content (AvgIpc) is 1.97. The van der Waals surface area contributed by atoms with Gasteiger partial charge in [0.05, 0.1) is 8.95 Å². The number of benzene rings is 1. The Labute approximate surface area is 94.8 Å². The summed E-state index contributed by atoms with van der Waals surface area (Å²) < 4.78 is 14.2. The van der Waals surface area contributed by atoms with E-state index in [9.17, 15) is 4.39 Å². The van der Waals surface area contributed by atoms with Crippen molar-refractivity contribution in [3.8, 4) is 0 Å². The molecule has 0 radical (unpaired) electrons. The van der Waals surface area contributed by atoms with Crippen LogP contribution in [0.1, 0.15) is 26.3 Å². The first kappa shape index (κ1) is 11.2. The van der Waals surface area contributed by atoms with Crippen LogP contribution in [-0.4, -0.2) is 0 Å². The van der Waals surface area contributed by atoms with Crippen LogP contribution in [0.25, 0.3) is 0 Å². The lowest BCUT2D eigenvalue weighted by atomic mass is 9.87. The monoisotopic (exact) mass is 308 g/mol. The standard InChI is InChI=1S/C10H11Br2F/c1-10(2,3)6-4-7(11)9(13)8(12)5-6/h4-5H,1-3H3. The first-order chi connectivity index (χ1) is 5.82. The van der Waals surface area contributed by atoms with Crippen molar-refractivity contribution < 1.29 is 4.39 Å². The van der Waals surface area contributed by atoms with Crippen molar-refractivity contribution in [2.24, 2.45) is 0 Å². The molecule has 3 heteroatoms. The third-order valence-electron chi connectivity index (χ3n) is 1.85. The second-order valence-corrected chi connectivity index (χ2v) is 5.71. The van der Waals surface area contributed by atoms with E-state index in [0.717, 1.165) is 5.56 Å². The van der Waals surface area contributed by atoms with Crippen molar-refractivity contribution in [1.29, 1.82) is 0 Å². The van der Waals surface area contributed by atoms with Crippen LogP contribution in [0.4, 0.5) is 4.39 Å². The molecule has 1 aromatic carbocycles. The summed E-state index contributed by atoms with van der Waals surface area (Å²) in [6.07, 6.45) is 0. The molecule has 0 N–H and O–H groups in total. The molecule has 72 valence electrons. The minimum Gasteiger partial charge on any atom is -0.205 e. The van der Waals surface area contributed by atoms with Crippen LogP contribution in [0.5, 0.6) is 0 Å². The summed E-state index contributed by atoms with van der Waals surface area (Å²) >= 11 is 6.37. The molecule has 0 saturated carbocycles. The van der Waals surface area contributed by atoms with Crippen LogP contribution in [0.3, 0.4) is 0 Å². The summed E-state index contributed by atoms with van der Waals surface area (Å²) in [5, 5.41) is 0. The molecule has 0 heterocycles. The van der Waals surface area contributed by atoms with Gasteiger partial charge in [-0.3, -0.25) is 0 Å². The molecular weight excluding hydrogens is 299 g/mol. The molecule has 1 aromatic rings. The molecule has 0 nitrogen and oxygen atoms in total. The fourth-order valence-corrected chi connectivity index (χ4v) is 2.17. The normalized spacial score (nSPS) is 11.8. The first-order valence-corrected chi connectivity index (χ1v) is 5.56. The Hall–Kier alpha value is 0.110. The lowest BCUT2D eigenvalue weighted by molar-refractivity contribution is 0.577. The summed E-state index contributed by atoms with van der Waals surface area (Å²) in [5.41, 5.74) is 1.14. The van der Waals surface area contributed by atoms with Crippen molar-refractivity contribution in [3.63, 3.8) is 0 Å². The van der Waals surface area contributed by atoms with Crippen LogP contribution in [0.15, 0.2) is 21.1 Å². The topological polar surface area (TPSA) is 0 Å². The van der Waals surface area contributed by atoms with Gasteiger partial charge in [0.15, 0.2) is 5.82 Å². The molecule has 0 atom stereocenters. The second kappa shape index (κ2) is 3.70. The van der Waals surface area contributed by atoms with Gasteiger partial charge in [-0.25, -0.2) is 4.39 Å². The van der Waals surface area contributed by atoms with Crippen LogP contribution in [0, 0.1) is 5.82 Å². The zero-order chi connectivity index (χ0) is 10.2. The molecule has 0 amide bonds. The lowest BCUT2D eigenvalue weighted by Gasteiger charge is -2.19. The Morgan fingerprint density at radius 1 is 1.08 bits per heavy atom. The smallest absolute Gasteiger partial charge is 0.151 e. The third-order valence-corrected chi connectivity index (χ3v) is 3.00. The van der Waals surface area contributed by atoms with E-state index in [1.807, 2.05) is 12.1 Å². The molecule has 0 bridgehead atoms. The molecule has 0 aliphatic rings. The van der Waals surface area contributed by atoms with Gasteiger partial charge in [0.2, 0.25) is 0 Å². The first-order valence-electron chi connectivity index (χ1n) is 3.97. The molecule has 0 aliphatic heterocycles. The highest BCUT2D eigenvalue weighted by Gasteiger charge is 2.17. The van der Waals surface area contributed by atoms with Crippen molar-refractivity contribution in [2.75, 3.05) is 0 Å². The molecule has 0 aromatic heterocycles. The second-order valence-electron chi connectivity index (χ2n) is 4.00. The summed E-state index contributed by atoms with van der Waals surface area (Å²) in [6.45, 7) is 6.29. The molecular formula is C10H11Br2F. The third kappa shape index (κ3) is 2.53. The highest BCUT2D eigenvalue weighted by molar-refractivity contribution is 9.11. The Kier molecular flexibility index (Phi) is 3.18. The van der Waals surface area contributed by atoms with E-state index < -0.39 is 0 Å². The maximum Gasteiger partial charge on any atom is 0.151 e. The van der Waals surface area contributed by atoms with E-state index in [0.29, 0.717) is 8.95 Å². The highest BCUT2D eigenvalue weighted by Crippen LogP contribution is 2.31. The molecule has 0 aliphatic carbocycles. The quantitative estimate of drug-likeness (QED) is 0.612. The predicted molar refractivity (Wildman–Crippen MR) is 60.5 cm³/mol. The van der Waals surface area contributed by atoms with Gasteiger partial charge < -0.3 is 0 Å². The molecule has 1 rings (SSSR count). The maximum absolute atomic E-state index is 13.2. The van der Waals surface area contributed by atoms with E-state index in [1.54, 1.807) is 0 Å². The van der Waals surface area contributed by atoms with E-state index in [4.69, 9.17) is 0 Å². The highest BCUT2D eigenvalue weighted by atomic mass is 79.9. The Morgan fingerprint density at radius 2 is 1.46 bits per heavy atom. The average molecular weight is 310 g/mol. The van der Waals surface area contributed by atoms with E-state index >= 15 is 0 Å². The summed E-state index contributed by atoms with van der Waals surface area (Å²) in [6, 6.07) is 3.64. The van der Waals surface area contributed by atoms with Gasteiger partial charge in [-0.05, 0) is 55.0 Å². The van der Waals surface area contributed by atoms with Crippen molar-refractivity contribution in [3.05, 3.63) is 32.5 Å². The summed E-state index contributed by atoms with van der Waals surface area (Å²) in [5.74, 6) is -0.243. The van der Waals surface area contributed by atoms with Gasteiger partial charge in [-0.2, -0.15) is 0 Å². The minimum absolute atomic E-state index is 0.0404. The molecule has 0 saturated heterocycles. The fourth-order valence-electron chi connectivity index (χ4n) is 0.989. The van der Waals surface area contributed by atoms with Gasteiger partial charge in [0, 0.05) is 0 Å². The van der Waals surface area contributed by atoms with Crippen LogP contribution < -0.4 is 0 Å². The number of halogens is 3. The fraction of sp³-hybridized carbons (Fsp3) is 0.400.